The van der Waals surface area contributed by atoms with Crippen molar-refractivity contribution in [2.24, 2.45) is 0 Å². The molecule has 0 radical (unpaired) electrons. The molecule has 8 heteroatoms. The Morgan fingerprint density at radius 1 is 1.00 bits per heavy atom. The van der Waals surface area contributed by atoms with Crippen LogP contribution >= 0.6 is 0 Å². The van der Waals surface area contributed by atoms with Crippen molar-refractivity contribution in [2.45, 2.75) is 33.4 Å². The number of ether oxygens (including phenoxy) is 3. The monoisotopic (exact) mass is 301 g/mol. The standard InChI is InChI=1S/C13H19NO7/c1-6-19-11(17)13(14-9(5)15,12(18)20-7-2)21-10(16)8(3)4/h3,6-7H2,1-2,4-5H3,(H,14,15). The molecule has 0 aromatic rings. The molecule has 0 spiro atoms. The summed E-state index contributed by atoms with van der Waals surface area (Å²) >= 11 is 0. The maximum absolute atomic E-state index is 12.0. The van der Waals surface area contributed by atoms with Crippen molar-refractivity contribution in [1.29, 1.82) is 0 Å². The lowest BCUT2D eigenvalue weighted by Crippen LogP contribution is -2.63. The highest BCUT2D eigenvalue weighted by Gasteiger charge is 2.54. The second-order valence-corrected chi connectivity index (χ2v) is 3.97. The van der Waals surface area contributed by atoms with Crippen LogP contribution in [-0.2, 0) is 33.4 Å². The molecule has 0 aromatic heterocycles. The third kappa shape index (κ3) is 4.90. The predicted molar refractivity (Wildman–Crippen MR) is 70.7 cm³/mol. The summed E-state index contributed by atoms with van der Waals surface area (Å²) in [4.78, 5) is 47.0. The lowest BCUT2D eigenvalue weighted by atomic mass is 10.2. The summed E-state index contributed by atoms with van der Waals surface area (Å²) < 4.78 is 14.2. The second kappa shape index (κ2) is 8.03. The SMILES string of the molecule is C=C(C)C(=O)OC(NC(C)=O)(C(=O)OCC)C(=O)OCC. The minimum absolute atomic E-state index is 0.0710. The molecule has 1 amide bonds. The summed E-state index contributed by atoms with van der Waals surface area (Å²) in [6.45, 7) is 8.49. The lowest BCUT2D eigenvalue weighted by molar-refractivity contribution is -0.199. The lowest BCUT2D eigenvalue weighted by Gasteiger charge is -2.28. The van der Waals surface area contributed by atoms with Crippen LogP contribution in [0.4, 0.5) is 0 Å². The Morgan fingerprint density at radius 3 is 1.71 bits per heavy atom. The van der Waals surface area contributed by atoms with Gasteiger partial charge in [-0.25, -0.2) is 14.4 Å². The Labute approximate surface area is 122 Å². The molecular formula is C13H19NO7. The first kappa shape index (κ1) is 18.6. The highest BCUT2D eigenvalue weighted by Crippen LogP contribution is 2.16. The molecule has 1 N–H and O–H groups in total. The van der Waals surface area contributed by atoms with E-state index in [0.29, 0.717) is 0 Å². The van der Waals surface area contributed by atoms with Crippen molar-refractivity contribution in [2.75, 3.05) is 13.2 Å². The summed E-state index contributed by atoms with van der Waals surface area (Å²) in [7, 11) is 0. The van der Waals surface area contributed by atoms with Gasteiger partial charge in [-0.1, -0.05) is 6.58 Å². The molecule has 0 bridgehead atoms. The van der Waals surface area contributed by atoms with Crippen molar-refractivity contribution in [1.82, 2.24) is 5.32 Å². The van der Waals surface area contributed by atoms with Crippen LogP contribution < -0.4 is 5.32 Å². The van der Waals surface area contributed by atoms with Crippen LogP contribution in [0, 0.1) is 0 Å². The molecule has 0 saturated heterocycles. The number of carbonyl (C=O) groups is 4. The van der Waals surface area contributed by atoms with E-state index in [1.165, 1.54) is 20.8 Å². The third-order valence-corrected chi connectivity index (χ3v) is 2.07. The highest BCUT2D eigenvalue weighted by molar-refractivity contribution is 6.08. The van der Waals surface area contributed by atoms with Crippen LogP contribution in [0.5, 0.6) is 0 Å². The molecule has 0 atom stereocenters. The largest absolute Gasteiger partial charge is 0.461 e. The maximum atomic E-state index is 12.0. The summed E-state index contributed by atoms with van der Waals surface area (Å²) in [5.74, 6) is -4.35. The van der Waals surface area contributed by atoms with E-state index in [1.807, 2.05) is 5.32 Å². The van der Waals surface area contributed by atoms with E-state index in [4.69, 9.17) is 14.2 Å². The molecule has 0 heterocycles. The van der Waals surface area contributed by atoms with E-state index in [2.05, 4.69) is 6.58 Å². The Bertz CT molecular complexity index is 437. The number of hydrogen-bond donors (Lipinski definition) is 1. The van der Waals surface area contributed by atoms with E-state index in [-0.39, 0.29) is 18.8 Å². The first-order valence-electron chi connectivity index (χ1n) is 6.23. The Hall–Kier alpha value is -2.38. The van der Waals surface area contributed by atoms with E-state index in [1.54, 1.807) is 0 Å². The third-order valence-electron chi connectivity index (χ3n) is 2.07. The first-order chi connectivity index (χ1) is 9.71. The molecule has 0 unspecified atom stereocenters. The smallest absolute Gasteiger partial charge is 0.385 e. The zero-order valence-electron chi connectivity index (χ0n) is 12.5. The Balaban J connectivity index is 5.75. The molecule has 0 aromatic carbocycles. The fraction of sp³-hybridized carbons (Fsp3) is 0.538. The number of hydrogen-bond acceptors (Lipinski definition) is 7. The number of esters is 3. The van der Waals surface area contributed by atoms with Gasteiger partial charge >= 0.3 is 23.6 Å². The fourth-order valence-corrected chi connectivity index (χ4v) is 1.23. The van der Waals surface area contributed by atoms with Gasteiger partial charge in [0.2, 0.25) is 5.91 Å². The zero-order chi connectivity index (χ0) is 16.6. The van der Waals surface area contributed by atoms with Crippen LogP contribution in [0.1, 0.15) is 27.7 Å². The molecule has 0 fully saturated rings. The quantitative estimate of drug-likeness (QED) is 0.233. The van der Waals surface area contributed by atoms with Crippen LogP contribution in [0.25, 0.3) is 0 Å². The minimum atomic E-state index is -2.69. The molecule has 0 aliphatic heterocycles. The number of nitrogens with one attached hydrogen (secondary N) is 1. The molecule has 0 rings (SSSR count). The van der Waals surface area contributed by atoms with Crippen LogP contribution in [0.15, 0.2) is 12.2 Å². The van der Waals surface area contributed by atoms with Gasteiger partial charge in [0, 0.05) is 12.5 Å². The van der Waals surface area contributed by atoms with Gasteiger partial charge in [0.25, 0.3) is 0 Å². The van der Waals surface area contributed by atoms with E-state index in [0.717, 1.165) is 6.92 Å². The molecule has 0 aliphatic carbocycles. The molecule has 21 heavy (non-hydrogen) atoms. The first-order valence-corrected chi connectivity index (χ1v) is 6.23. The highest BCUT2D eigenvalue weighted by atomic mass is 16.6. The number of rotatable bonds is 7. The molecule has 0 aliphatic rings. The van der Waals surface area contributed by atoms with Crippen LogP contribution in [0.2, 0.25) is 0 Å². The Kier molecular flexibility index (Phi) is 7.12. The summed E-state index contributed by atoms with van der Waals surface area (Å²) in [5, 5.41) is 1.98. The van der Waals surface area contributed by atoms with Crippen LogP contribution in [0.3, 0.4) is 0 Å². The van der Waals surface area contributed by atoms with E-state index < -0.39 is 29.5 Å². The van der Waals surface area contributed by atoms with Crippen molar-refractivity contribution in [3.8, 4) is 0 Å². The van der Waals surface area contributed by atoms with Crippen molar-refractivity contribution in [3.63, 3.8) is 0 Å². The van der Waals surface area contributed by atoms with E-state index in [9.17, 15) is 19.2 Å². The molecule has 0 saturated carbocycles. The summed E-state index contributed by atoms with van der Waals surface area (Å²) in [5.41, 5.74) is -2.76. The number of amides is 1. The molecule has 118 valence electrons. The second-order valence-electron chi connectivity index (χ2n) is 3.97. The normalized spacial score (nSPS) is 10.3. The summed E-state index contributed by atoms with van der Waals surface area (Å²) in [6, 6.07) is 0. The fourth-order valence-electron chi connectivity index (χ4n) is 1.23. The average molecular weight is 301 g/mol. The van der Waals surface area contributed by atoms with Gasteiger partial charge in [-0.05, 0) is 20.8 Å². The van der Waals surface area contributed by atoms with Crippen LogP contribution in [-0.4, -0.2) is 42.8 Å². The van der Waals surface area contributed by atoms with Gasteiger partial charge in [-0.2, -0.15) is 0 Å². The average Bonchev–Trinajstić information content (AvgIpc) is 2.37. The van der Waals surface area contributed by atoms with Gasteiger partial charge in [0.05, 0.1) is 13.2 Å². The molecule has 8 nitrogen and oxygen atoms in total. The number of carbonyl (C=O) groups excluding carboxylic acids is 4. The molecular weight excluding hydrogens is 282 g/mol. The maximum Gasteiger partial charge on any atom is 0.385 e. The van der Waals surface area contributed by atoms with Crippen molar-refractivity contribution < 1.29 is 33.4 Å². The van der Waals surface area contributed by atoms with Gasteiger partial charge in [0.1, 0.15) is 0 Å². The van der Waals surface area contributed by atoms with Crippen molar-refractivity contribution >= 4 is 23.8 Å². The van der Waals surface area contributed by atoms with Gasteiger partial charge in [-0.15, -0.1) is 0 Å². The Morgan fingerprint density at radius 2 is 1.43 bits per heavy atom. The van der Waals surface area contributed by atoms with Gasteiger partial charge in [0.15, 0.2) is 0 Å². The minimum Gasteiger partial charge on any atom is -0.461 e. The summed E-state index contributed by atoms with van der Waals surface area (Å²) in [6.07, 6.45) is 0. The van der Waals surface area contributed by atoms with E-state index >= 15 is 0 Å². The van der Waals surface area contributed by atoms with Gasteiger partial charge in [-0.3, -0.25) is 10.1 Å². The van der Waals surface area contributed by atoms with Crippen molar-refractivity contribution in [3.05, 3.63) is 12.2 Å². The van der Waals surface area contributed by atoms with Gasteiger partial charge < -0.3 is 14.2 Å². The topological polar surface area (TPSA) is 108 Å². The zero-order valence-corrected chi connectivity index (χ0v) is 12.5. The predicted octanol–water partition coefficient (Wildman–Crippen LogP) is 0.0643.